The van der Waals surface area contributed by atoms with E-state index >= 15 is 0 Å². The van der Waals surface area contributed by atoms with Crippen molar-refractivity contribution in [3.05, 3.63) is 71.9 Å². The molecule has 192 valence electrons. The summed E-state index contributed by atoms with van der Waals surface area (Å²) >= 11 is 0. The van der Waals surface area contributed by atoms with Crippen molar-refractivity contribution < 1.29 is 24.3 Å². The van der Waals surface area contributed by atoms with Crippen LogP contribution in [-0.4, -0.2) is 74.2 Å². The number of nitrogens with one attached hydrogen (secondary N) is 1. The summed E-state index contributed by atoms with van der Waals surface area (Å²) in [5, 5.41) is 14.6. The molecule has 0 bridgehead atoms. The number of carbonyl (C=O) groups is 3. The number of phenols is 1. The first-order valence-corrected chi connectivity index (χ1v) is 12.3. The van der Waals surface area contributed by atoms with Crippen LogP contribution in [0.2, 0.25) is 0 Å². The van der Waals surface area contributed by atoms with Crippen molar-refractivity contribution in [3.63, 3.8) is 0 Å². The van der Waals surface area contributed by atoms with Gasteiger partial charge in [-0.2, -0.15) is 5.06 Å². The molecule has 2 N–H and O–H groups in total. The molecule has 3 atom stereocenters. The third-order valence-corrected chi connectivity index (χ3v) is 6.92. The summed E-state index contributed by atoms with van der Waals surface area (Å²) in [6, 6.07) is 14.3. The fourth-order valence-electron chi connectivity index (χ4n) is 5.14. The molecule has 5 rings (SSSR count). The van der Waals surface area contributed by atoms with Gasteiger partial charge in [0, 0.05) is 31.1 Å². The minimum Gasteiger partial charge on any atom is -0.508 e. The standard InChI is InChI=1S/C27H29N5O5/c1-3-28-27(36)32-25-17(2)30(15-20-7-4-6-19-8-5-13-29-24(19)20)26(35)22(31(25)23(34)16-37-32)14-18-9-11-21(33)12-10-18/h4-13,17,22,25,33H,3,14-16H2,1-2H3,(H,28,36)/t17-,22-,25-/m0/s1. The van der Waals surface area contributed by atoms with Crippen LogP contribution >= 0.6 is 0 Å². The van der Waals surface area contributed by atoms with Crippen molar-refractivity contribution in [2.45, 2.75) is 45.1 Å². The normalized spacial score (nSPS) is 21.8. The predicted molar refractivity (Wildman–Crippen MR) is 135 cm³/mol. The summed E-state index contributed by atoms with van der Waals surface area (Å²) in [7, 11) is 0. The number of piperazine rings is 1. The van der Waals surface area contributed by atoms with E-state index in [0.29, 0.717) is 6.54 Å². The number of benzene rings is 2. The number of para-hydroxylation sites is 1. The van der Waals surface area contributed by atoms with Gasteiger partial charge < -0.3 is 20.2 Å². The van der Waals surface area contributed by atoms with Gasteiger partial charge in [-0.25, -0.2) is 4.79 Å². The number of rotatable bonds is 5. The molecular formula is C27H29N5O5. The van der Waals surface area contributed by atoms with Gasteiger partial charge in [-0.1, -0.05) is 36.4 Å². The van der Waals surface area contributed by atoms with Crippen molar-refractivity contribution in [2.75, 3.05) is 13.2 Å². The molecule has 0 spiro atoms. The number of fused-ring (bicyclic) bond motifs is 2. The van der Waals surface area contributed by atoms with Gasteiger partial charge in [-0.05, 0) is 43.2 Å². The minimum absolute atomic E-state index is 0.111. The molecule has 2 aromatic carbocycles. The summed E-state index contributed by atoms with van der Waals surface area (Å²) in [6.45, 7) is 3.91. The van der Waals surface area contributed by atoms with Crippen molar-refractivity contribution in [3.8, 4) is 5.75 Å². The van der Waals surface area contributed by atoms with E-state index in [0.717, 1.165) is 22.0 Å². The molecule has 3 aromatic rings. The molecule has 3 heterocycles. The molecule has 10 heteroatoms. The highest BCUT2D eigenvalue weighted by Crippen LogP contribution is 2.33. The fraction of sp³-hybridized carbons (Fsp3) is 0.333. The lowest BCUT2D eigenvalue weighted by Gasteiger charge is -2.54. The van der Waals surface area contributed by atoms with Gasteiger partial charge in [0.05, 0.1) is 11.6 Å². The Hall–Kier alpha value is -4.18. The van der Waals surface area contributed by atoms with Crippen LogP contribution in [0, 0.1) is 0 Å². The summed E-state index contributed by atoms with van der Waals surface area (Å²) < 4.78 is 0. The van der Waals surface area contributed by atoms with Gasteiger partial charge in [0.25, 0.3) is 5.91 Å². The first-order chi connectivity index (χ1) is 17.9. The van der Waals surface area contributed by atoms with E-state index in [-0.39, 0.29) is 37.1 Å². The molecule has 2 aliphatic heterocycles. The zero-order chi connectivity index (χ0) is 26.1. The van der Waals surface area contributed by atoms with E-state index in [4.69, 9.17) is 4.84 Å². The van der Waals surface area contributed by atoms with Crippen molar-refractivity contribution >= 4 is 28.7 Å². The maximum absolute atomic E-state index is 14.1. The predicted octanol–water partition coefficient (Wildman–Crippen LogP) is 2.41. The molecule has 2 fully saturated rings. The number of phenolic OH excluding ortho intramolecular Hbond substituents is 1. The lowest BCUT2D eigenvalue weighted by molar-refractivity contribution is -0.245. The topological polar surface area (TPSA) is 115 Å². The second-order valence-electron chi connectivity index (χ2n) is 9.23. The third kappa shape index (κ3) is 4.55. The van der Waals surface area contributed by atoms with E-state index in [2.05, 4.69) is 10.3 Å². The molecule has 0 radical (unpaired) electrons. The third-order valence-electron chi connectivity index (χ3n) is 6.92. The Kier molecular flexibility index (Phi) is 6.66. The van der Waals surface area contributed by atoms with Gasteiger partial charge in [0.15, 0.2) is 12.8 Å². The van der Waals surface area contributed by atoms with E-state index in [1.807, 2.05) is 37.3 Å². The number of amides is 4. The van der Waals surface area contributed by atoms with Gasteiger partial charge in [-0.3, -0.25) is 19.4 Å². The van der Waals surface area contributed by atoms with E-state index in [1.165, 1.54) is 9.96 Å². The van der Waals surface area contributed by atoms with Crippen LogP contribution in [0.1, 0.15) is 25.0 Å². The monoisotopic (exact) mass is 503 g/mol. The number of carbonyl (C=O) groups excluding carboxylic acids is 3. The van der Waals surface area contributed by atoms with Crippen LogP contribution in [0.15, 0.2) is 60.8 Å². The number of aromatic hydroxyl groups is 1. The summed E-state index contributed by atoms with van der Waals surface area (Å²) in [6.07, 6.45) is 1.12. The number of urea groups is 1. The maximum Gasteiger partial charge on any atom is 0.343 e. The number of aromatic nitrogens is 1. The molecule has 0 unspecified atom stereocenters. The van der Waals surface area contributed by atoms with Gasteiger partial charge in [0.1, 0.15) is 11.8 Å². The van der Waals surface area contributed by atoms with Crippen LogP contribution in [0.4, 0.5) is 4.79 Å². The zero-order valence-electron chi connectivity index (χ0n) is 20.7. The van der Waals surface area contributed by atoms with Crippen molar-refractivity contribution in [1.82, 2.24) is 25.2 Å². The second kappa shape index (κ2) is 10.1. The molecule has 2 aliphatic rings. The van der Waals surface area contributed by atoms with E-state index in [9.17, 15) is 19.5 Å². The Morgan fingerprint density at radius 3 is 2.65 bits per heavy atom. The smallest absolute Gasteiger partial charge is 0.343 e. The zero-order valence-corrected chi connectivity index (χ0v) is 20.7. The van der Waals surface area contributed by atoms with E-state index in [1.54, 1.807) is 42.3 Å². The maximum atomic E-state index is 14.1. The molecule has 37 heavy (non-hydrogen) atoms. The largest absolute Gasteiger partial charge is 0.508 e. The summed E-state index contributed by atoms with van der Waals surface area (Å²) in [4.78, 5) is 53.5. The Bertz CT molecular complexity index is 1330. The highest BCUT2D eigenvalue weighted by molar-refractivity contribution is 5.92. The van der Waals surface area contributed by atoms with Crippen LogP contribution in [0.3, 0.4) is 0 Å². The lowest BCUT2D eigenvalue weighted by atomic mass is 9.95. The molecule has 4 amide bonds. The summed E-state index contributed by atoms with van der Waals surface area (Å²) in [5.74, 6) is -0.475. The average Bonchev–Trinajstić information content (AvgIpc) is 2.90. The Labute approximate surface area is 214 Å². The number of nitrogens with zero attached hydrogens (tertiary/aromatic N) is 4. The molecule has 2 saturated heterocycles. The lowest BCUT2D eigenvalue weighted by Crippen LogP contribution is -2.75. The number of pyridine rings is 1. The highest BCUT2D eigenvalue weighted by atomic mass is 16.7. The average molecular weight is 504 g/mol. The van der Waals surface area contributed by atoms with Gasteiger partial charge in [0.2, 0.25) is 5.91 Å². The van der Waals surface area contributed by atoms with Crippen molar-refractivity contribution in [1.29, 1.82) is 0 Å². The van der Waals surface area contributed by atoms with Gasteiger partial charge in [-0.15, -0.1) is 0 Å². The second-order valence-corrected chi connectivity index (χ2v) is 9.23. The number of hydroxylamine groups is 2. The van der Waals surface area contributed by atoms with Crippen molar-refractivity contribution in [2.24, 2.45) is 0 Å². The Morgan fingerprint density at radius 1 is 1.14 bits per heavy atom. The molecule has 0 saturated carbocycles. The van der Waals surface area contributed by atoms with Crippen LogP contribution in [0.5, 0.6) is 5.75 Å². The number of hydrogen-bond donors (Lipinski definition) is 2. The van der Waals surface area contributed by atoms with E-state index < -0.39 is 24.3 Å². The molecule has 0 aliphatic carbocycles. The Morgan fingerprint density at radius 2 is 1.89 bits per heavy atom. The summed E-state index contributed by atoms with van der Waals surface area (Å²) in [5.41, 5.74) is 2.43. The van der Waals surface area contributed by atoms with Crippen LogP contribution in [0.25, 0.3) is 10.9 Å². The molecular weight excluding hydrogens is 474 g/mol. The fourth-order valence-corrected chi connectivity index (χ4v) is 5.14. The first kappa shape index (κ1) is 24.5. The minimum atomic E-state index is -0.859. The SMILES string of the molecule is CCNC(=O)N1OCC(=O)N2[C@@H]1[C@H](C)N(Cc1cccc3cccnc13)C(=O)[C@@H]2Cc1ccc(O)cc1. The highest BCUT2D eigenvalue weighted by Gasteiger charge is 2.53. The molecule has 10 nitrogen and oxygen atoms in total. The van der Waals surface area contributed by atoms with Gasteiger partial charge >= 0.3 is 6.03 Å². The quantitative estimate of drug-likeness (QED) is 0.553. The van der Waals surface area contributed by atoms with Crippen LogP contribution in [-0.2, 0) is 27.4 Å². The first-order valence-electron chi connectivity index (χ1n) is 12.3. The number of hydrogen-bond acceptors (Lipinski definition) is 6. The molecule has 1 aromatic heterocycles. The van der Waals surface area contributed by atoms with Crippen LogP contribution < -0.4 is 5.32 Å². The Balaban J connectivity index is 1.56.